The van der Waals surface area contributed by atoms with E-state index in [2.05, 4.69) is 25.8 Å². The van der Waals surface area contributed by atoms with E-state index in [1.807, 2.05) is 0 Å². The lowest BCUT2D eigenvalue weighted by Crippen LogP contribution is -2.34. The van der Waals surface area contributed by atoms with Crippen LogP contribution in [0.3, 0.4) is 0 Å². The molecule has 4 N–H and O–H groups in total. The first-order chi connectivity index (χ1) is 17.0. The van der Waals surface area contributed by atoms with Gasteiger partial charge in [-0.2, -0.15) is 13.2 Å². The van der Waals surface area contributed by atoms with E-state index in [0.717, 1.165) is 44.1 Å². The molecule has 2 aliphatic heterocycles. The third-order valence-corrected chi connectivity index (χ3v) is 6.12. The fraction of sp³-hybridized carbons (Fsp3) is 0.375. The van der Waals surface area contributed by atoms with Gasteiger partial charge in [-0.25, -0.2) is 4.39 Å². The molecule has 4 rings (SSSR count). The Labute approximate surface area is 204 Å². The number of aromatic amines is 1. The number of halogens is 4. The van der Waals surface area contributed by atoms with E-state index in [1.165, 1.54) is 13.8 Å². The monoisotopic (exact) mass is 507 g/mol. The Hall–Kier alpha value is -3.67. The van der Waals surface area contributed by atoms with Crippen LogP contribution in [0.4, 0.5) is 28.9 Å². The normalized spacial score (nSPS) is 16.8. The molecular formula is C24H25F4N5O3. The maximum absolute atomic E-state index is 14.2. The van der Waals surface area contributed by atoms with Crippen molar-refractivity contribution in [2.24, 2.45) is 0 Å². The molecule has 8 nitrogen and oxygen atoms in total. The van der Waals surface area contributed by atoms with Gasteiger partial charge in [-0.15, -0.1) is 0 Å². The summed E-state index contributed by atoms with van der Waals surface area (Å²) in [5.41, 5.74) is -2.52. The number of rotatable bonds is 6. The quantitative estimate of drug-likeness (QED) is 0.353. The molecule has 1 aromatic heterocycles. The van der Waals surface area contributed by atoms with Crippen molar-refractivity contribution in [2.45, 2.75) is 32.9 Å². The van der Waals surface area contributed by atoms with E-state index < -0.39 is 46.5 Å². The molecule has 0 saturated carbocycles. The topological polar surface area (TPSA) is 106 Å². The van der Waals surface area contributed by atoms with Crippen LogP contribution in [-0.2, 0) is 15.8 Å². The molecule has 0 radical (unpaired) electrons. The van der Waals surface area contributed by atoms with E-state index in [1.54, 1.807) is 0 Å². The fourth-order valence-corrected chi connectivity index (χ4v) is 4.59. The van der Waals surface area contributed by atoms with E-state index in [0.29, 0.717) is 6.54 Å². The number of anilines is 2. The standard InChI is InChI=1S/C24H25F4N5O3/c1-12-19(23(36)29-5-8-33-6-3-4-7-33)20(24(26,27)28)17(30-12)11-16-15-9-14(25)10-18(31-13(2)34)21(15)32-22(16)35/h9-11,30H,3-8H2,1-2H3,(H,29,36)(H,31,34)(H,32,35)/b16-11-. The van der Waals surface area contributed by atoms with Crippen molar-refractivity contribution in [1.29, 1.82) is 0 Å². The van der Waals surface area contributed by atoms with Gasteiger partial charge >= 0.3 is 6.18 Å². The van der Waals surface area contributed by atoms with Crippen molar-refractivity contribution < 1.29 is 31.9 Å². The number of aromatic nitrogens is 1. The van der Waals surface area contributed by atoms with Gasteiger partial charge in [-0.3, -0.25) is 14.4 Å². The Morgan fingerprint density at radius 3 is 2.53 bits per heavy atom. The summed E-state index contributed by atoms with van der Waals surface area (Å²) in [5, 5.41) is 7.40. The van der Waals surface area contributed by atoms with Crippen LogP contribution in [0.25, 0.3) is 11.6 Å². The average Bonchev–Trinajstić information content (AvgIpc) is 3.47. The molecule has 192 valence electrons. The van der Waals surface area contributed by atoms with E-state index in [-0.39, 0.29) is 34.8 Å². The average molecular weight is 507 g/mol. The summed E-state index contributed by atoms with van der Waals surface area (Å²) in [7, 11) is 0. The van der Waals surface area contributed by atoms with Crippen molar-refractivity contribution >= 4 is 40.7 Å². The number of alkyl halides is 3. The summed E-state index contributed by atoms with van der Waals surface area (Å²) in [6.07, 6.45) is -1.88. The van der Waals surface area contributed by atoms with Crippen molar-refractivity contribution in [3.63, 3.8) is 0 Å². The summed E-state index contributed by atoms with van der Waals surface area (Å²) in [4.78, 5) is 41.6. The molecule has 3 amide bonds. The van der Waals surface area contributed by atoms with Crippen LogP contribution in [0.5, 0.6) is 0 Å². The summed E-state index contributed by atoms with van der Waals surface area (Å²) in [6.45, 7) is 5.03. The lowest BCUT2D eigenvalue weighted by Gasteiger charge is -2.15. The van der Waals surface area contributed by atoms with Gasteiger partial charge < -0.3 is 25.8 Å². The van der Waals surface area contributed by atoms with Gasteiger partial charge in [0.1, 0.15) is 5.82 Å². The Bertz CT molecular complexity index is 1260. The number of hydrogen-bond acceptors (Lipinski definition) is 4. The number of nitrogens with zero attached hydrogens (tertiary/aromatic N) is 1. The highest BCUT2D eigenvalue weighted by molar-refractivity contribution is 6.36. The zero-order valence-electron chi connectivity index (χ0n) is 19.7. The van der Waals surface area contributed by atoms with Crippen LogP contribution < -0.4 is 16.0 Å². The first-order valence-electron chi connectivity index (χ1n) is 11.4. The van der Waals surface area contributed by atoms with Gasteiger partial charge in [-0.1, -0.05) is 0 Å². The first kappa shape index (κ1) is 25.4. The van der Waals surface area contributed by atoms with Crippen LogP contribution in [0.1, 0.15) is 52.6 Å². The molecule has 0 aliphatic carbocycles. The highest BCUT2D eigenvalue weighted by Crippen LogP contribution is 2.42. The number of benzene rings is 1. The Morgan fingerprint density at radius 1 is 1.19 bits per heavy atom. The Kier molecular flexibility index (Phi) is 6.90. The third-order valence-electron chi connectivity index (χ3n) is 6.12. The number of hydrogen-bond donors (Lipinski definition) is 4. The van der Waals surface area contributed by atoms with Crippen LogP contribution in [0.2, 0.25) is 0 Å². The molecular weight excluding hydrogens is 482 g/mol. The van der Waals surface area contributed by atoms with E-state index in [4.69, 9.17) is 0 Å². The summed E-state index contributed by atoms with van der Waals surface area (Å²) in [6, 6.07) is 1.98. The molecule has 1 saturated heterocycles. The first-order valence-corrected chi connectivity index (χ1v) is 11.4. The van der Waals surface area contributed by atoms with Crippen molar-refractivity contribution in [1.82, 2.24) is 15.2 Å². The predicted molar refractivity (Wildman–Crippen MR) is 126 cm³/mol. The molecule has 36 heavy (non-hydrogen) atoms. The predicted octanol–water partition coefficient (Wildman–Crippen LogP) is 3.76. The molecule has 2 aromatic rings. The number of carbonyl (C=O) groups excluding carboxylic acids is 3. The fourth-order valence-electron chi connectivity index (χ4n) is 4.59. The molecule has 3 heterocycles. The summed E-state index contributed by atoms with van der Waals surface area (Å²) in [5.74, 6) is -2.97. The van der Waals surface area contributed by atoms with E-state index in [9.17, 15) is 31.9 Å². The van der Waals surface area contributed by atoms with Crippen molar-refractivity contribution in [3.05, 3.63) is 46.0 Å². The summed E-state index contributed by atoms with van der Waals surface area (Å²) >= 11 is 0. The minimum absolute atomic E-state index is 0.0132. The Balaban J connectivity index is 1.71. The lowest BCUT2D eigenvalue weighted by molar-refractivity contribution is -0.138. The highest BCUT2D eigenvalue weighted by atomic mass is 19.4. The smallest absolute Gasteiger partial charge is 0.358 e. The number of fused-ring (bicyclic) bond motifs is 1. The Morgan fingerprint density at radius 2 is 1.89 bits per heavy atom. The van der Waals surface area contributed by atoms with Crippen molar-refractivity contribution in [2.75, 3.05) is 36.8 Å². The van der Waals surface area contributed by atoms with Gasteiger partial charge in [0.2, 0.25) is 5.91 Å². The van der Waals surface area contributed by atoms with Crippen LogP contribution >= 0.6 is 0 Å². The van der Waals surface area contributed by atoms with Crippen LogP contribution in [0.15, 0.2) is 12.1 Å². The SMILES string of the molecule is CC(=O)Nc1cc(F)cc2c1NC(=O)/C2=C\c1[nH]c(C)c(C(=O)NCCN2CCCC2)c1C(F)(F)F. The minimum Gasteiger partial charge on any atom is -0.358 e. The highest BCUT2D eigenvalue weighted by Gasteiger charge is 2.41. The number of carbonyl (C=O) groups is 3. The number of H-pyrrole nitrogens is 1. The molecule has 2 aliphatic rings. The molecule has 1 fully saturated rings. The van der Waals surface area contributed by atoms with Crippen LogP contribution in [0, 0.1) is 12.7 Å². The summed E-state index contributed by atoms with van der Waals surface area (Å²) < 4.78 is 56.7. The maximum Gasteiger partial charge on any atom is 0.419 e. The molecule has 0 spiro atoms. The maximum atomic E-state index is 14.2. The van der Waals surface area contributed by atoms with E-state index >= 15 is 0 Å². The zero-order valence-corrected chi connectivity index (χ0v) is 19.7. The van der Waals surface area contributed by atoms with Gasteiger partial charge in [-0.05, 0) is 51.1 Å². The second-order valence-corrected chi connectivity index (χ2v) is 8.79. The largest absolute Gasteiger partial charge is 0.419 e. The molecule has 12 heteroatoms. The molecule has 0 unspecified atom stereocenters. The number of aryl methyl sites for hydroxylation is 1. The molecule has 0 bridgehead atoms. The van der Waals surface area contributed by atoms with Gasteiger partial charge in [0.25, 0.3) is 11.8 Å². The van der Waals surface area contributed by atoms with Gasteiger partial charge in [0, 0.05) is 31.3 Å². The lowest BCUT2D eigenvalue weighted by atomic mass is 10.0. The third kappa shape index (κ3) is 5.13. The zero-order chi connectivity index (χ0) is 26.2. The second kappa shape index (κ2) is 9.76. The number of likely N-dealkylation sites (tertiary alicyclic amines) is 1. The number of amides is 3. The second-order valence-electron chi connectivity index (χ2n) is 8.79. The van der Waals surface area contributed by atoms with Crippen molar-refractivity contribution in [3.8, 4) is 0 Å². The van der Waals surface area contributed by atoms with Gasteiger partial charge in [0.05, 0.1) is 33.8 Å². The minimum atomic E-state index is -4.92. The molecule has 1 aromatic carbocycles. The molecule has 0 atom stereocenters. The number of nitrogens with one attached hydrogen (secondary N) is 4. The van der Waals surface area contributed by atoms with Crippen LogP contribution in [-0.4, -0.2) is 53.8 Å². The van der Waals surface area contributed by atoms with Gasteiger partial charge in [0.15, 0.2) is 0 Å².